The summed E-state index contributed by atoms with van der Waals surface area (Å²) in [6, 6.07) is 3.10. The molecule has 0 aliphatic heterocycles. The SMILES string of the molecule is O=C(Cl)c1cc[c-]nc1.[V]. The van der Waals surface area contributed by atoms with E-state index in [0.717, 1.165) is 0 Å². The Labute approximate surface area is 75.5 Å². The van der Waals surface area contributed by atoms with Gasteiger partial charge < -0.3 is 4.98 Å². The minimum Gasteiger partial charge on any atom is -0.394 e. The number of rotatable bonds is 1. The third-order valence-electron chi connectivity index (χ3n) is 0.843. The predicted molar refractivity (Wildman–Crippen MR) is 33.3 cm³/mol. The number of hydrogen-bond donors (Lipinski definition) is 0. The molecule has 1 radical (unpaired) electrons. The molecule has 1 aromatic heterocycles. The maximum Gasteiger partial charge on any atom is 0.229 e. The Morgan fingerprint density at radius 3 is 2.70 bits per heavy atom. The van der Waals surface area contributed by atoms with Gasteiger partial charge in [0.1, 0.15) is 0 Å². The van der Waals surface area contributed by atoms with Crippen LogP contribution in [0.3, 0.4) is 0 Å². The molecule has 0 saturated heterocycles. The van der Waals surface area contributed by atoms with Crippen molar-refractivity contribution in [1.82, 2.24) is 4.98 Å². The molecule has 0 spiro atoms. The van der Waals surface area contributed by atoms with Crippen LogP contribution in [0.5, 0.6) is 0 Å². The van der Waals surface area contributed by atoms with Gasteiger partial charge in [-0.05, 0) is 11.6 Å². The number of carbonyl (C=O) groups is 1. The first kappa shape index (κ1) is 9.69. The summed E-state index contributed by atoms with van der Waals surface area (Å²) in [6.45, 7) is 0. The number of pyridine rings is 1. The van der Waals surface area contributed by atoms with Crippen molar-refractivity contribution in [2.24, 2.45) is 0 Å². The van der Waals surface area contributed by atoms with Crippen molar-refractivity contribution in [3.63, 3.8) is 0 Å². The molecule has 0 aliphatic rings. The Balaban J connectivity index is 0.000000810. The zero-order valence-corrected chi connectivity index (χ0v) is 7.07. The molecule has 0 aromatic carbocycles. The Morgan fingerprint density at radius 2 is 2.40 bits per heavy atom. The molecule has 2 nitrogen and oxygen atoms in total. The van der Waals surface area contributed by atoms with Gasteiger partial charge in [0, 0.05) is 18.6 Å². The molecule has 0 N–H and O–H groups in total. The van der Waals surface area contributed by atoms with Crippen LogP contribution >= 0.6 is 11.6 Å². The van der Waals surface area contributed by atoms with Crippen LogP contribution in [0.2, 0.25) is 0 Å². The molecule has 10 heavy (non-hydrogen) atoms. The van der Waals surface area contributed by atoms with E-state index in [1.54, 1.807) is 6.07 Å². The van der Waals surface area contributed by atoms with Gasteiger partial charge in [-0.1, -0.05) is 18.0 Å². The van der Waals surface area contributed by atoms with E-state index in [4.69, 9.17) is 11.6 Å². The van der Waals surface area contributed by atoms with Gasteiger partial charge in [0.05, 0.1) is 0 Å². The van der Waals surface area contributed by atoms with Gasteiger partial charge in [-0.2, -0.15) is 12.1 Å². The summed E-state index contributed by atoms with van der Waals surface area (Å²) in [7, 11) is 0. The molecule has 0 amide bonds. The van der Waals surface area contributed by atoms with Crippen molar-refractivity contribution in [3.05, 3.63) is 30.1 Å². The molecular formula is C6H3ClNOV-. The molecule has 0 fully saturated rings. The second kappa shape index (κ2) is 4.50. The van der Waals surface area contributed by atoms with Gasteiger partial charge >= 0.3 is 0 Å². The van der Waals surface area contributed by atoms with E-state index in [9.17, 15) is 4.79 Å². The number of nitrogens with zero attached hydrogens (tertiary/aromatic N) is 1. The quantitative estimate of drug-likeness (QED) is 0.494. The molecule has 0 bridgehead atoms. The Hall–Kier alpha value is -0.306. The Morgan fingerprint density at radius 1 is 1.70 bits per heavy atom. The summed E-state index contributed by atoms with van der Waals surface area (Å²) in [5.41, 5.74) is 0.399. The van der Waals surface area contributed by atoms with E-state index < -0.39 is 5.24 Å². The molecular weight excluding hydrogens is 188 g/mol. The molecule has 0 saturated carbocycles. The first-order chi connectivity index (χ1) is 4.30. The van der Waals surface area contributed by atoms with E-state index in [0.29, 0.717) is 5.56 Å². The van der Waals surface area contributed by atoms with Crippen molar-refractivity contribution in [2.45, 2.75) is 0 Å². The monoisotopic (exact) mass is 191 g/mol. The third kappa shape index (κ3) is 2.52. The molecule has 1 rings (SSSR count). The summed E-state index contributed by atoms with van der Waals surface area (Å²) >= 11 is 5.11. The van der Waals surface area contributed by atoms with Crippen LogP contribution in [0, 0.1) is 6.20 Å². The first-order valence-electron chi connectivity index (χ1n) is 2.32. The summed E-state index contributed by atoms with van der Waals surface area (Å²) in [5.74, 6) is 0. The van der Waals surface area contributed by atoms with Crippen LogP contribution in [-0.2, 0) is 18.6 Å². The van der Waals surface area contributed by atoms with Gasteiger partial charge in [-0.25, -0.2) is 0 Å². The van der Waals surface area contributed by atoms with Gasteiger partial charge in [-0.3, -0.25) is 4.79 Å². The average Bonchev–Trinajstić information content (AvgIpc) is 1.90. The fraction of sp³-hybridized carbons (Fsp3) is 0. The summed E-state index contributed by atoms with van der Waals surface area (Å²) in [5, 5.41) is -0.489. The zero-order valence-electron chi connectivity index (χ0n) is 4.91. The third-order valence-corrected chi connectivity index (χ3v) is 1.06. The average molecular weight is 191 g/mol. The van der Waals surface area contributed by atoms with Gasteiger partial charge in [0.2, 0.25) is 5.24 Å². The van der Waals surface area contributed by atoms with E-state index >= 15 is 0 Å². The normalized spacial score (nSPS) is 8.10. The maximum absolute atomic E-state index is 10.4. The van der Waals surface area contributed by atoms with Gasteiger partial charge in [-0.15, -0.1) is 0 Å². The summed E-state index contributed by atoms with van der Waals surface area (Å²) in [6.07, 6.45) is 3.90. The van der Waals surface area contributed by atoms with Gasteiger partial charge in [0.15, 0.2) is 0 Å². The number of aromatic nitrogens is 1. The maximum atomic E-state index is 10.4. The van der Waals surface area contributed by atoms with Gasteiger partial charge in [0.25, 0.3) is 0 Å². The molecule has 1 heterocycles. The fourth-order valence-corrected chi connectivity index (χ4v) is 0.548. The predicted octanol–water partition coefficient (Wildman–Crippen LogP) is 1.26. The minimum atomic E-state index is -0.489. The number of carbonyl (C=O) groups excluding carboxylic acids is 1. The largest absolute Gasteiger partial charge is 0.394 e. The topological polar surface area (TPSA) is 30.0 Å². The van der Waals surface area contributed by atoms with Crippen LogP contribution < -0.4 is 0 Å². The van der Waals surface area contributed by atoms with Crippen LogP contribution in [0.1, 0.15) is 10.4 Å². The molecule has 51 valence electrons. The summed E-state index contributed by atoms with van der Waals surface area (Å²) in [4.78, 5) is 13.9. The second-order valence-electron chi connectivity index (χ2n) is 1.45. The minimum absolute atomic E-state index is 0. The molecule has 4 heteroatoms. The Kier molecular flexibility index (Phi) is 4.36. The second-order valence-corrected chi connectivity index (χ2v) is 1.79. The number of halogens is 1. The standard InChI is InChI=1S/C6H3ClNO.V/c7-6(9)5-2-1-3-8-4-5;/h1-2,4H;/q-1;. The summed E-state index contributed by atoms with van der Waals surface area (Å²) < 4.78 is 0. The van der Waals surface area contributed by atoms with Crippen molar-refractivity contribution in [1.29, 1.82) is 0 Å². The van der Waals surface area contributed by atoms with Crippen molar-refractivity contribution < 1.29 is 23.4 Å². The zero-order chi connectivity index (χ0) is 6.69. The fourth-order valence-electron chi connectivity index (χ4n) is 0.436. The van der Waals surface area contributed by atoms with E-state index in [-0.39, 0.29) is 18.6 Å². The smallest absolute Gasteiger partial charge is 0.229 e. The van der Waals surface area contributed by atoms with E-state index in [2.05, 4.69) is 11.2 Å². The number of hydrogen-bond acceptors (Lipinski definition) is 2. The van der Waals surface area contributed by atoms with Crippen molar-refractivity contribution in [3.8, 4) is 0 Å². The van der Waals surface area contributed by atoms with Crippen LogP contribution in [0.4, 0.5) is 0 Å². The molecule has 0 unspecified atom stereocenters. The molecule has 0 atom stereocenters. The first-order valence-corrected chi connectivity index (χ1v) is 2.70. The molecule has 0 aliphatic carbocycles. The van der Waals surface area contributed by atoms with Crippen LogP contribution in [0.25, 0.3) is 0 Å². The van der Waals surface area contributed by atoms with Crippen molar-refractivity contribution in [2.75, 3.05) is 0 Å². The van der Waals surface area contributed by atoms with Crippen LogP contribution in [-0.4, -0.2) is 10.2 Å². The van der Waals surface area contributed by atoms with Crippen LogP contribution in [0.15, 0.2) is 18.3 Å². The van der Waals surface area contributed by atoms with E-state index in [1.807, 2.05) is 0 Å². The van der Waals surface area contributed by atoms with E-state index in [1.165, 1.54) is 12.3 Å². The Bertz CT molecular complexity index is 214. The molecule has 1 aromatic rings. The van der Waals surface area contributed by atoms with Crippen molar-refractivity contribution >= 4 is 16.8 Å².